The third-order valence-corrected chi connectivity index (χ3v) is 4.56. The molecule has 2 unspecified atom stereocenters. The molecule has 1 aliphatic carbocycles. The van der Waals surface area contributed by atoms with Crippen LogP contribution in [-0.2, 0) is 6.54 Å². The van der Waals surface area contributed by atoms with Gasteiger partial charge in [0, 0.05) is 17.0 Å². The average molecular weight is 225 g/mol. The Kier molecular flexibility index (Phi) is 3.44. The second-order valence-corrected chi connectivity index (χ2v) is 5.57. The second-order valence-electron chi connectivity index (χ2n) is 4.54. The number of hydrogen-bond acceptors (Lipinski definition) is 3. The Morgan fingerprint density at radius 1 is 1.67 bits per heavy atom. The van der Waals surface area contributed by atoms with E-state index in [9.17, 15) is 5.11 Å². The van der Waals surface area contributed by atoms with Crippen LogP contribution in [0.25, 0.3) is 0 Å². The first-order valence-corrected chi connectivity index (χ1v) is 6.53. The Morgan fingerprint density at radius 2 is 2.53 bits per heavy atom. The highest BCUT2D eigenvalue weighted by Crippen LogP contribution is 2.35. The molecule has 0 radical (unpaired) electrons. The molecular formula is C12H19NOS. The fraction of sp³-hybridized carbons (Fsp3) is 0.667. The van der Waals surface area contributed by atoms with Crippen molar-refractivity contribution >= 4 is 11.3 Å². The predicted octanol–water partition coefficient (Wildman–Crippen LogP) is 2.39. The molecule has 0 amide bonds. The molecule has 0 aromatic carbocycles. The molecule has 0 saturated heterocycles. The van der Waals surface area contributed by atoms with Gasteiger partial charge in [-0.05, 0) is 30.2 Å². The molecular weight excluding hydrogens is 206 g/mol. The maximum Gasteiger partial charge on any atom is 0.0616 e. The molecule has 84 valence electrons. The van der Waals surface area contributed by atoms with E-state index in [0.29, 0.717) is 5.92 Å². The Hall–Kier alpha value is -0.380. The van der Waals surface area contributed by atoms with Gasteiger partial charge in [0.05, 0.1) is 6.61 Å². The van der Waals surface area contributed by atoms with Gasteiger partial charge >= 0.3 is 0 Å². The predicted molar refractivity (Wildman–Crippen MR) is 64.0 cm³/mol. The van der Waals surface area contributed by atoms with Gasteiger partial charge in [0.25, 0.3) is 0 Å². The Bertz CT molecular complexity index is 299. The van der Waals surface area contributed by atoms with E-state index in [4.69, 9.17) is 0 Å². The normalized spacial score (nSPS) is 30.9. The van der Waals surface area contributed by atoms with Gasteiger partial charge in [-0.25, -0.2) is 0 Å². The standard InChI is InChI=1S/C12H19NOS/c1-10-4-2-6-12(10,9-14)13-8-11-5-3-7-15-11/h3,5,7,10,13-14H,2,4,6,8-9H2,1H3. The molecule has 1 fully saturated rings. The van der Waals surface area contributed by atoms with Crippen molar-refractivity contribution in [2.24, 2.45) is 5.92 Å². The van der Waals surface area contributed by atoms with Crippen molar-refractivity contribution in [2.45, 2.75) is 38.3 Å². The number of aliphatic hydroxyl groups excluding tert-OH is 1. The SMILES string of the molecule is CC1CCCC1(CO)NCc1cccs1. The molecule has 2 atom stereocenters. The third kappa shape index (κ3) is 2.25. The maximum atomic E-state index is 9.56. The molecule has 1 saturated carbocycles. The van der Waals surface area contributed by atoms with Gasteiger partial charge in [0.2, 0.25) is 0 Å². The minimum Gasteiger partial charge on any atom is -0.394 e. The van der Waals surface area contributed by atoms with Gasteiger partial charge in [-0.15, -0.1) is 11.3 Å². The summed E-state index contributed by atoms with van der Waals surface area (Å²) in [7, 11) is 0. The number of thiophene rings is 1. The first-order valence-electron chi connectivity index (χ1n) is 5.65. The molecule has 0 bridgehead atoms. The lowest BCUT2D eigenvalue weighted by Gasteiger charge is -2.33. The molecule has 0 spiro atoms. The van der Waals surface area contributed by atoms with Crippen molar-refractivity contribution < 1.29 is 5.11 Å². The van der Waals surface area contributed by atoms with E-state index in [1.165, 1.54) is 17.7 Å². The minimum absolute atomic E-state index is 0.0238. The number of nitrogens with one attached hydrogen (secondary N) is 1. The largest absolute Gasteiger partial charge is 0.394 e. The highest BCUT2D eigenvalue weighted by Gasteiger charge is 2.39. The van der Waals surface area contributed by atoms with Crippen molar-refractivity contribution in [3.63, 3.8) is 0 Å². The molecule has 2 N–H and O–H groups in total. The highest BCUT2D eigenvalue weighted by atomic mass is 32.1. The van der Waals surface area contributed by atoms with Crippen LogP contribution in [0.2, 0.25) is 0 Å². The number of aliphatic hydroxyl groups is 1. The number of hydrogen-bond donors (Lipinski definition) is 2. The van der Waals surface area contributed by atoms with Crippen molar-refractivity contribution in [3.05, 3.63) is 22.4 Å². The summed E-state index contributed by atoms with van der Waals surface area (Å²) in [4.78, 5) is 1.35. The van der Waals surface area contributed by atoms with Crippen molar-refractivity contribution in [1.82, 2.24) is 5.32 Å². The first kappa shape index (κ1) is 11.1. The summed E-state index contributed by atoms with van der Waals surface area (Å²) in [6, 6.07) is 4.22. The maximum absolute atomic E-state index is 9.56. The van der Waals surface area contributed by atoms with Crippen LogP contribution in [0.3, 0.4) is 0 Å². The zero-order valence-electron chi connectivity index (χ0n) is 9.20. The monoisotopic (exact) mass is 225 g/mol. The van der Waals surface area contributed by atoms with Crippen LogP contribution >= 0.6 is 11.3 Å². The molecule has 1 aliphatic rings. The zero-order chi connectivity index (χ0) is 10.7. The fourth-order valence-corrected chi connectivity index (χ4v) is 3.12. The van der Waals surface area contributed by atoms with Crippen molar-refractivity contribution in [1.29, 1.82) is 0 Å². The fourth-order valence-electron chi connectivity index (χ4n) is 2.48. The highest BCUT2D eigenvalue weighted by molar-refractivity contribution is 7.09. The van der Waals surface area contributed by atoms with Gasteiger partial charge < -0.3 is 10.4 Å². The smallest absolute Gasteiger partial charge is 0.0616 e. The zero-order valence-corrected chi connectivity index (χ0v) is 10.0. The van der Waals surface area contributed by atoms with E-state index in [0.717, 1.165) is 13.0 Å². The van der Waals surface area contributed by atoms with Gasteiger partial charge in [-0.2, -0.15) is 0 Å². The van der Waals surface area contributed by atoms with Gasteiger partial charge in [-0.1, -0.05) is 19.4 Å². The van der Waals surface area contributed by atoms with E-state index >= 15 is 0 Å². The topological polar surface area (TPSA) is 32.3 Å². The summed E-state index contributed by atoms with van der Waals surface area (Å²) in [5.41, 5.74) is -0.0238. The van der Waals surface area contributed by atoms with Crippen molar-refractivity contribution in [2.75, 3.05) is 6.61 Å². The van der Waals surface area contributed by atoms with E-state index in [2.05, 4.69) is 29.8 Å². The quantitative estimate of drug-likeness (QED) is 0.824. The summed E-state index contributed by atoms with van der Waals surface area (Å²) in [5, 5.41) is 15.2. The molecule has 2 nitrogen and oxygen atoms in total. The molecule has 3 heteroatoms. The van der Waals surface area contributed by atoms with Crippen LogP contribution in [-0.4, -0.2) is 17.3 Å². The van der Waals surface area contributed by atoms with Gasteiger partial charge in [0.15, 0.2) is 0 Å². The van der Waals surface area contributed by atoms with Gasteiger partial charge in [-0.3, -0.25) is 0 Å². The molecule has 15 heavy (non-hydrogen) atoms. The summed E-state index contributed by atoms with van der Waals surface area (Å²) in [6.07, 6.45) is 3.58. The second kappa shape index (κ2) is 4.64. The molecule has 1 aromatic rings. The minimum atomic E-state index is -0.0238. The lowest BCUT2D eigenvalue weighted by molar-refractivity contribution is 0.129. The Labute approximate surface area is 95.3 Å². The number of rotatable bonds is 4. The third-order valence-electron chi connectivity index (χ3n) is 3.68. The van der Waals surface area contributed by atoms with Crippen LogP contribution in [0, 0.1) is 5.92 Å². The van der Waals surface area contributed by atoms with Crippen LogP contribution in [0.5, 0.6) is 0 Å². The molecule has 0 aliphatic heterocycles. The summed E-state index contributed by atoms with van der Waals surface area (Å²) < 4.78 is 0. The van der Waals surface area contributed by atoms with E-state index in [-0.39, 0.29) is 12.1 Å². The van der Waals surface area contributed by atoms with Crippen molar-refractivity contribution in [3.8, 4) is 0 Å². The Morgan fingerprint density at radius 3 is 3.07 bits per heavy atom. The molecule has 2 rings (SSSR count). The summed E-state index contributed by atoms with van der Waals surface area (Å²) in [6.45, 7) is 3.40. The summed E-state index contributed by atoms with van der Waals surface area (Å²) >= 11 is 1.77. The van der Waals surface area contributed by atoms with Crippen LogP contribution < -0.4 is 5.32 Å². The molecule has 1 aromatic heterocycles. The molecule has 1 heterocycles. The lowest BCUT2D eigenvalue weighted by atomic mass is 9.89. The van der Waals surface area contributed by atoms with Crippen LogP contribution in [0.4, 0.5) is 0 Å². The average Bonchev–Trinajstić information content (AvgIpc) is 2.85. The van der Waals surface area contributed by atoms with Gasteiger partial charge in [0.1, 0.15) is 0 Å². The van der Waals surface area contributed by atoms with E-state index in [1.807, 2.05) is 0 Å². The van der Waals surface area contributed by atoms with Crippen LogP contribution in [0.15, 0.2) is 17.5 Å². The van der Waals surface area contributed by atoms with Crippen LogP contribution in [0.1, 0.15) is 31.1 Å². The lowest BCUT2D eigenvalue weighted by Crippen LogP contribution is -2.50. The summed E-state index contributed by atoms with van der Waals surface area (Å²) in [5.74, 6) is 0.586. The van der Waals surface area contributed by atoms with E-state index in [1.54, 1.807) is 11.3 Å². The first-order chi connectivity index (χ1) is 7.27. The van der Waals surface area contributed by atoms with E-state index < -0.39 is 0 Å². The Balaban J connectivity index is 1.96.